The van der Waals surface area contributed by atoms with Crippen LogP contribution in [0.2, 0.25) is 0 Å². The lowest BCUT2D eigenvalue weighted by atomic mass is 10.1. The Morgan fingerprint density at radius 1 is 1.41 bits per heavy atom. The number of ether oxygens (including phenoxy) is 1. The van der Waals surface area contributed by atoms with E-state index in [0.717, 1.165) is 21.8 Å². The number of thiazole rings is 1. The standard InChI is InChI=1S/C17H20N2O2S/c1-12-10-21-8-7-19(12)17(20)9-14-3-5-15(6-4-14)16-11-22-13(2)18-16/h3-6,11-12H,7-10H2,1-2H3. The molecule has 1 amide bonds. The average molecular weight is 316 g/mol. The second kappa shape index (κ2) is 6.58. The van der Waals surface area contributed by atoms with Gasteiger partial charge >= 0.3 is 0 Å². The number of nitrogens with zero attached hydrogens (tertiary/aromatic N) is 2. The summed E-state index contributed by atoms with van der Waals surface area (Å²) in [5.41, 5.74) is 3.14. The lowest BCUT2D eigenvalue weighted by Crippen LogP contribution is -2.47. The molecule has 5 heteroatoms. The van der Waals surface area contributed by atoms with Crippen LogP contribution in [0.1, 0.15) is 17.5 Å². The van der Waals surface area contributed by atoms with Crippen LogP contribution in [0.3, 0.4) is 0 Å². The Morgan fingerprint density at radius 3 is 2.82 bits per heavy atom. The summed E-state index contributed by atoms with van der Waals surface area (Å²) in [6, 6.07) is 8.29. The fraction of sp³-hybridized carbons (Fsp3) is 0.412. The Morgan fingerprint density at radius 2 is 2.18 bits per heavy atom. The van der Waals surface area contributed by atoms with Crippen molar-refractivity contribution in [2.45, 2.75) is 26.3 Å². The summed E-state index contributed by atoms with van der Waals surface area (Å²) >= 11 is 1.65. The van der Waals surface area contributed by atoms with Gasteiger partial charge in [0.05, 0.1) is 36.4 Å². The predicted octanol–water partition coefficient (Wildman–Crippen LogP) is 2.91. The van der Waals surface area contributed by atoms with Gasteiger partial charge in [0, 0.05) is 17.5 Å². The lowest BCUT2D eigenvalue weighted by Gasteiger charge is -2.33. The Kier molecular flexibility index (Phi) is 4.55. The molecule has 0 aliphatic carbocycles. The number of aryl methyl sites for hydroxylation is 1. The molecule has 2 heterocycles. The molecule has 1 atom stereocenters. The number of benzene rings is 1. The van der Waals surface area contributed by atoms with Crippen LogP contribution in [0.25, 0.3) is 11.3 Å². The number of rotatable bonds is 3. The first-order valence-corrected chi connectivity index (χ1v) is 8.40. The van der Waals surface area contributed by atoms with Crippen molar-refractivity contribution in [1.29, 1.82) is 0 Å². The highest BCUT2D eigenvalue weighted by Crippen LogP contribution is 2.22. The van der Waals surface area contributed by atoms with Gasteiger partial charge in [-0.3, -0.25) is 4.79 Å². The second-order valence-electron chi connectivity index (χ2n) is 5.64. The molecule has 1 aliphatic heterocycles. The van der Waals surface area contributed by atoms with E-state index in [4.69, 9.17) is 4.74 Å². The largest absolute Gasteiger partial charge is 0.377 e. The Bertz CT molecular complexity index is 651. The quantitative estimate of drug-likeness (QED) is 0.874. The highest BCUT2D eigenvalue weighted by atomic mass is 32.1. The van der Waals surface area contributed by atoms with E-state index in [0.29, 0.717) is 26.2 Å². The van der Waals surface area contributed by atoms with E-state index in [9.17, 15) is 4.79 Å². The van der Waals surface area contributed by atoms with Gasteiger partial charge in [0.1, 0.15) is 0 Å². The molecule has 1 saturated heterocycles. The lowest BCUT2D eigenvalue weighted by molar-refractivity contribution is -0.138. The maximum absolute atomic E-state index is 12.4. The second-order valence-corrected chi connectivity index (χ2v) is 6.70. The molecule has 22 heavy (non-hydrogen) atoms. The highest BCUT2D eigenvalue weighted by Gasteiger charge is 2.23. The van der Waals surface area contributed by atoms with Crippen molar-refractivity contribution in [3.8, 4) is 11.3 Å². The van der Waals surface area contributed by atoms with Crippen LogP contribution in [-0.4, -0.2) is 41.6 Å². The summed E-state index contributed by atoms with van der Waals surface area (Å²) in [7, 11) is 0. The van der Waals surface area contributed by atoms with Crippen LogP contribution in [-0.2, 0) is 16.0 Å². The Balaban J connectivity index is 1.67. The zero-order chi connectivity index (χ0) is 15.5. The van der Waals surface area contributed by atoms with Crippen molar-refractivity contribution in [3.63, 3.8) is 0 Å². The van der Waals surface area contributed by atoms with Gasteiger partial charge in [-0.05, 0) is 19.4 Å². The molecule has 1 aromatic carbocycles. The zero-order valence-corrected chi connectivity index (χ0v) is 13.7. The van der Waals surface area contributed by atoms with Crippen molar-refractivity contribution < 1.29 is 9.53 Å². The number of carbonyl (C=O) groups excluding carboxylic acids is 1. The van der Waals surface area contributed by atoms with Crippen LogP contribution in [0.5, 0.6) is 0 Å². The molecule has 0 spiro atoms. The van der Waals surface area contributed by atoms with Crippen molar-refractivity contribution in [1.82, 2.24) is 9.88 Å². The molecule has 1 unspecified atom stereocenters. The molecule has 1 fully saturated rings. The highest BCUT2D eigenvalue weighted by molar-refractivity contribution is 7.09. The van der Waals surface area contributed by atoms with E-state index in [-0.39, 0.29) is 11.9 Å². The molecule has 116 valence electrons. The van der Waals surface area contributed by atoms with Crippen LogP contribution in [0.4, 0.5) is 0 Å². The molecule has 4 nitrogen and oxygen atoms in total. The fourth-order valence-electron chi connectivity index (χ4n) is 2.66. The van der Waals surface area contributed by atoms with E-state index < -0.39 is 0 Å². The minimum absolute atomic E-state index is 0.165. The number of morpholine rings is 1. The van der Waals surface area contributed by atoms with Crippen LogP contribution in [0.15, 0.2) is 29.6 Å². The first-order valence-electron chi connectivity index (χ1n) is 7.52. The minimum atomic E-state index is 0.165. The predicted molar refractivity (Wildman–Crippen MR) is 88.0 cm³/mol. The van der Waals surface area contributed by atoms with Gasteiger partial charge in [0.25, 0.3) is 0 Å². The first kappa shape index (κ1) is 15.2. The van der Waals surface area contributed by atoms with Crippen molar-refractivity contribution in [3.05, 3.63) is 40.2 Å². The van der Waals surface area contributed by atoms with Gasteiger partial charge in [-0.1, -0.05) is 24.3 Å². The third-order valence-corrected chi connectivity index (χ3v) is 4.69. The number of hydrogen-bond acceptors (Lipinski definition) is 4. The molecule has 1 aromatic heterocycles. The Labute approximate surface area is 134 Å². The van der Waals surface area contributed by atoms with Gasteiger partial charge in [-0.15, -0.1) is 11.3 Å². The molecule has 0 bridgehead atoms. The summed E-state index contributed by atoms with van der Waals surface area (Å²) in [5.74, 6) is 0.174. The summed E-state index contributed by atoms with van der Waals surface area (Å²) in [6.07, 6.45) is 0.445. The third-order valence-electron chi connectivity index (χ3n) is 3.91. The number of aromatic nitrogens is 1. The number of hydrogen-bond donors (Lipinski definition) is 0. The van der Waals surface area contributed by atoms with Crippen LogP contribution >= 0.6 is 11.3 Å². The van der Waals surface area contributed by atoms with Crippen LogP contribution < -0.4 is 0 Å². The smallest absolute Gasteiger partial charge is 0.227 e. The third kappa shape index (κ3) is 3.36. The van der Waals surface area contributed by atoms with Crippen molar-refractivity contribution in [2.75, 3.05) is 19.8 Å². The normalized spacial score (nSPS) is 18.5. The average Bonchev–Trinajstić information content (AvgIpc) is 2.95. The van der Waals surface area contributed by atoms with Gasteiger partial charge in [-0.2, -0.15) is 0 Å². The van der Waals surface area contributed by atoms with E-state index >= 15 is 0 Å². The van der Waals surface area contributed by atoms with Gasteiger partial charge < -0.3 is 9.64 Å². The molecular weight excluding hydrogens is 296 g/mol. The molecule has 3 rings (SSSR count). The topological polar surface area (TPSA) is 42.4 Å². The van der Waals surface area contributed by atoms with E-state index in [2.05, 4.69) is 10.4 Å². The minimum Gasteiger partial charge on any atom is -0.377 e. The molecule has 2 aromatic rings. The van der Waals surface area contributed by atoms with Crippen molar-refractivity contribution >= 4 is 17.2 Å². The molecule has 1 aliphatic rings. The van der Waals surface area contributed by atoms with E-state index in [1.54, 1.807) is 11.3 Å². The molecular formula is C17H20N2O2S. The van der Waals surface area contributed by atoms with Crippen LogP contribution in [0, 0.1) is 6.92 Å². The molecule has 0 radical (unpaired) electrons. The van der Waals surface area contributed by atoms with Gasteiger partial charge in [-0.25, -0.2) is 4.98 Å². The fourth-order valence-corrected chi connectivity index (χ4v) is 3.29. The van der Waals surface area contributed by atoms with E-state index in [1.165, 1.54) is 0 Å². The number of amides is 1. The molecule has 0 N–H and O–H groups in total. The molecule has 0 saturated carbocycles. The maximum atomic E-state index is 12.4. The zero-order valence-electron chi connectivity index (χ0n) is 12.9. The summed E-state index contributed by atoms with van der Waals surface area (Å²) < 4.78 is 5.38. The monoisotopic (exact) mass is 316 g/mol. The SMILES string of the molecule is Cc1nc(-c2ccc(CC(=O)N3CCOCC3C)cc2)cs1. The summed E-state index contributed by atoms with van der Waals surface area (Å²) in [6.45, 7) is 6.00. The summed E-state index contributed by atoms with van der Waals surface area (Å²) in [5, 5.41) is 3.13. The van der Waals surface area contributed by atoms with E-state index in [1.807, 2.05) is 43.0 Å². The van der Waals surface area contributed by atoms with Gasteiger partial charge in [0.2, 0.25) is 5.91 Å². The Hall–Kier alpha value is -1.72. The van der Waals surface area contributed by atoms with Crippen molar-refractivity contribution in [2.24, 2.45) is 0 Å². The first-order chi connectivity index (χ1) is 10.6. The summed E-state index contributed by atoms with van der Waals surface area (Å²) in [4.78, 5) is 18.8. The van der Waals surface area contributed by atoms with Gasteiger partial charge in [0.15, 0.2) is 0 Å². The number of carbonyl (C=O) groups is 1. The maximum Gasteiger partial charge on any atom is 0.227 e.